The van der Waals surface area contributed by atoms with Crippen molar-refractivity contribution in [2.75, 3.05) is 0 Å². The molecule has 5 rings (SSSR count). The Balaban J connectivity index is -0.000000165. The fraction of sp³-hybridized carbons (Fsp3) is 0. The average Bonchev–Trinajstić information content (AvgIpc) is 3.08. The van der Waals surface area contributed by atoms with Gasteiger partial charge in [0.25, 0.3) is 0 Å². The molecule has 0 saturated heterocycles. The maximum atomic E-state index is 10.1. The smallest absolute Gasteiger partial charge is 0.545 e. The molecule has 10 nitrogen and oxygen atoms in total. The molecule has 5 aromatic carbocycles. The molecule has 5 aromatic rings. The molecule has 15 heteroatoms. The molecular weight excluding hydrogens is 695 g/mol. The quantitative estimate of drug-likeness (QED) is 0.157. The second-order valence-electron chi connectivity index (χ2n) is 8.27. The summed E-state index contributed by atoms with van der Waals surface area (Å²) in [6.45, 7) is 0. The molecule has 0 unspecified atom stereocenters. The van der Waals surface area contributed by atoms with Crippen molar-refractivity contribution in [1.82, 2.24) is 0 Å². The van der Waals surface area contributed by atoms with Crippen LogP contribution in [0.3, 0.4) is 0 Å². The summed E-state index contributed by atoms with van der Waals surface area (Å²) in [5.74, 6) is -5.65. The van der Waals surface area contributed by atoms with E-state index in [4.69, 9.17) is 0 Å². The zero-order chi connectivity index (χ0) is 33.5. The number of benzene rings is 5. The summed E-state index contributed by atoms with van der Waals surface area (Å²) in [6.07, 6.45) is 0. The Bertz CT molecular complexity index is 1330. The van der Waals surface area contributed by atoms with Gasteiger partial charge in [0.1, 0.15) is 0 Å². The summed E-state index contributed by atoms with van der Waals surface area (Å²) in [5, 5.41) is 50.4. The number of carbonyl (C=O) groups is 5. The van der Waals surface area contributed by atoms with Gasteiger partial charge in [-0.05, 0) is 27.8 Å². The van der Waals surface area contributed by atoms with Crippen molar-refractivity contribution in [2.45, 2.75) is 0 Å². The van der Waals surface area contributed by atoms with E-state index in [1.54, 1.807) is 91.0 Å². The minimum Gasteiger partial charge on any atom is -0.545 e. The third kappa shape index (κ3) is 28.1. The van der Waals surface area contributed by atoms with Gasteiger partial charge in [-0.2, -0.15) is 0 Å². The summed E-state index contributed by atoms with van der Waals surface area (Å²) in [4.78, 5) is 50.4. The zero-order valence-corrected chi connectivity index (χ0v) is 38.5. The van der Waals surface area contributed by atoms with Crippen LogP contribution in [0.15, 0.2) is 152 Å². The van der Waals surface area contributed by atoms with Crippen LogP contribution in [0.25, 0.3) is 0 Å². The van der Waals surface area contributed by atoms with Gasteiger partial charge in [-0.25, -0.2) is 0 Å². The van der Waals surface area contributed by atoms with Gasteiger partial charge < -0.3 is 49.5 Å². The van der Waals surface area contributed by atoms with Crippen LogP contribution in [0.4, 0.5) is 0 Å². The monoisotopic (exact) mass is 720 g/mol. The molecule has 0 spiro atoms. The number of carboxylic acids is 5. The molecule has 0 saturated carbocycles. The van der Waals surface area contributed by atoms with Gasteiger partial charge in [0.15, 0.2) is 0 Å². The molecule has 0 radical (unpaired) electrons. The van der Waals surface area contributed by atoms with E-state index in [1.807, 2.05) is 0 Å². The molecule has 230 valence electrons. The molecule has 0 heterocycles. The van der Waals surface area contributed by atoms with Crippen molar-refractivity contribution in [3.05, 3.63) is 179 Å². The van der Waals surface area contributed by atoms with Gasteiger partial charge in [-0.3, -0.25) is 0 Å². The van der Waals surface area contributed by atoms with Crippen LogP contribution < -0.4 is 173 Å². The van der Waals surface area contributed by atoms with Crippen molar-refractivity contribution in [1.29, 1.82) is 0 Å². The summed E-state index contributed by atoms with van der Waals surface area (Å²) in [5.41, 5.74) is 1.10. The fourth-order valence-corrected chi connectivity index (χ4v) is 2.87. The Morgan fingerprint density at radius 3 is 0.400 bits per heavy atom. The first-order chi connectivity index (χ1) is 21.5. The summed E-state index contributed by atoms with van der Waals surface area (Å²) >= 11 is 0. The molecule has 0 atom stereocenters. The van der Waals surface area contributed by atoms with Gasteiger partial charge in [-0.1, -0.05) is 152 Å². The molecule has 0 amide bonds. The standard InChI is InChI=1S/5C7H6O2.5Na/c5*8-7(9)6-4-2-1-3-5-6;;;;;/h5*1-5H,(H,8,9);;;;;/q;;;;;5*+1/p-5. The van der Waals surface area contributed by atoms with E-state index in [2.05, 4.69) is 0 Å². The van der Waals surface area contributed by atoms with Crippen LogP contribution in [-0.2, 0) is 0 Å². The van der Waals surface area contributed by atoms with Crippen molar-refractivity contribution >= 4 is 29.8 Å². The molecule has 50 heavy (non-hydrogen) atoms. The van der Waals surface area contributed by atoms with Crippen LogP contribution in [0, 0.1) is 0 Å². The van der Waals surface area contributed by atoms with E-state index in [1.165, 1.54) is 60.7 Å². The number of hydrogen-bond donors (Lipinski definition) is 0. The second-order valence-corrected chi connectivity index (χ2v) is 8.27. The van der Waals surface area contributed by atoms with Crippen molar-refractivity contribution < 1.29 is 197 Å². The van der Waals surface area contributed by atoms with E-state index in [0.717, 1.165) is 0 Å². The van der Waals surface area contributed by atoms with Crippen molar-refractivity contribution in [3.63, 3.8) is 0 Å². The molecule has 0 N–H and O–H groups in total. The van der Waals surface area contributed by atoms with Crippen molar-refractivity contribution in [3.8, 4) is 0 Å². The van der Waals surface area contributed by atoms with Gasteiger partial charge in [0.2, 0.25) is 0 Å². The Morgan fingerprint density at radius 2 is 0.340 bits per heavy atom. The molecule has 0 aliphatic heterocycles. The van der Waals surface area contributed by atoms with Gasteiger partial charge in [0, 0.05) is 0 Å². The first kappa shape index (κ1) is 57.8. The topological polar surface area (TPSA) is 201 Å². The third-order valence-electron chi connectivity index (χ3n) is 5.05. The molecular formula is C35H25Na5O10. The maximum Gasteiger partial charge on any atom is 1.00 e. The minimum absolute atomic E-state index is 0. The van der Waals surface area contributed by atoms with Crippen molar-refractivity contribution in [2.24, 2.45) is 0 Å². The first-order valence-electron chi connectivity index (χ1n) is 12.8. The van der Waals surface area contributed by atoms with E-state index >= 15 is 0 Å². The predicted molar refractivity (Wildman–Crippen MR) is 154 cm³/mol. The maximum absolute atomic E-state index is 10.1. The predicted octanol–water partition coefficient (Wildman–Crippen LogP) is -14.7. The average molecular weight is 721 g/mol. The van der Waals surface area contributed by atoms with Gasteiger partial charge in [0.05, 0.1) is 29.8 Å². The second kappa shape index (κ2) is 35.8. The first-order valence-corrected chi connectivity index (χ1v) is 12.8. The van der Waals surface area contributed by atoms with Crippen LogP contribution in [-0.4, -0.2) is 29.8 Å². The number of hydrogen-bond acceptors (Lipinski definition) is 10. The van der Waals surface area contributed by atoms with Crippen LogP contribution >= 0.6 is 0 Å². The van der Waals surface area contributed by atoms with E-state index in [9.17, 15) is 49.5 Å². The Morgan fingerprint density at radius 1 is 0.240 bits per heavy atom. The number of aromatic carboxylic acids is 5. The third-order valence-corrected chi connectivity index (χ3v) is 5.05. The fourth-order valence-electron chi connectivity index (χ4n) is 2.87. The Hall–Kier alpha value is -1.55. The van der Waals surface area contributed by atoms with Gasteiger partial charge in [-0.15, -0.1) is 0 Å². The van der Waals surface area contributed by atoms with Crippen LogP contribution in [0.2, 0.25) is 0 Å². The Labute approximate surface area is 400 Å². The number of carboxylic acid groups (broad SMARTS) is 5. The normalized spacial score (nSPS) is 8.00. The number of rotatable bonds is 5. The molecule has 0 aliphatic carbocycles. The largest absolute Gasteiger partial charge is 1.00 e. The SMILES string of the molecule is O=C([O-])c1ccccc1.O=C([O-])c1ccccc1.O=C([O-])c1ccccc1.O=C([O-])c1ccccc1.O=C([O-])c1ccccc1.[Na+].[Na+].[Na+].[Na+].[Na+]. The van der Waals surface area contributed by atoms with E-state index in [0.29, 0.717) is 0 Å². The van der Waals surface area contributed by atoms with Gasteiger partial charge >= 0.3 is 148 Å². The van der Waals surface area contributed by atoms with E-state index in [-0.39, 0.29) is 176 Å². The van der Waals surface area contributed by atoms with Crippen LogP contribution in [0.1, 0.15) is 51.8 Å². The van der Waals surface area contributed by atoms with E-state index < -0.39 is 29.8 Å². The van der Waals surface area contributed by atoms with Crippen LogP contribution in [0.5, 0.6) is 0 Å². The minimum atomic E-state index is -1.13. The summed E-state index contributed by atoms with van der Waals surface area (Å²) < 4.78 is 0. The summed E-state index contributed by atoms with van der Waals surface area (Å²) in [7, 11) is 0. The zero-order valence-electron chi connectivity index (χ0n) is 28.5. The molecule has 0 bridgehead atoms. The molecule has 0 aromatic heterocycles. The number of carbonyl (C=O) groups excluding carboxylic acids is 5. The molecule has 0 fully saturated rings. The Kier molecular flexibility index (Phi) is 41.4. The molecule has 0 aliphatic rings. The summed E-state index contributed by atoms with van der Waals surface area (Å²) in [6, 6.07) is 40.3.